The number of anilines is 1. The van der Waals surface area contributed by atoms with Gasteiger partial charge in [0.1, 0.15) is 5.41 Å². The third-order valence-electron chi connectivity index (χ3n) is 4.99. The van der Waals surface area contributed by atoms with Crippen LogP contribution in [0.3, 0.4) is 0 Å². The summed E-state index contributed by atoms with van der Waals surface area (Å²) in [5, 5.41) is 2.73. The Balaban J connectivity index is 2.01. The summed E-state index contributed by atoms with van der Waals surface area (Å²) in [5.41, 5.74) is 2.72. The van der Waals surface area contributed by atoms with Crippen molar-refractivity contribution in [2.24, 2.45) is 5.41 Å². The zero-order valence-electron chi connectivity index (χ0n) is 15.8. The van der Waals surface area contributed by atoms with E-state index in [2.05, 4.69) is 48.8 Å². The molecule has 0 saturated carbocycles. The third-order valence-corrected chi connectivity index (χ3v) is 4.99. The van der Waals surface area contributed by atoms with Crippen LogP contribution in [0.15, 0.2) is 30.9 Å². The van der Waals surface area contributed by atoms with Crippen LogP contribution in [0, 0.1) is 19.3 Å². The number of aryl methyl sites for hydroxylation is 1. The van der Waals surface area contributed by atoms with Crippen molar-refractivity contribution >= 4 is 17.5 Å². The van der Waals surface area contributed by atoms with E-state index in [0.29, 0.717) is 19.6 Å². The molecule has 0 bridgehead atoms. The highest BCUT2D eigenvalue weighted by atomic mass is 16.2. The second kappa shape index (κ2) is 7.72. The van der Waals surface area contributed by atoms with Gasteiger partial charge in [0.05, 0.1) is 0 Å². The Bertz CT molecular complexity index is 659. The molecule has 1 aromatic carbocycles. The van der Waals surface area contributed by atoms with Crippen LogP contribution in [-0.2, 0) is 9.59 Å². The van der Waals surface area contributed by atoms with Gasteiger partial charge in [-0.25, -0.2) is 0 Å². The van der Waals surface area contributed by atoms with Crippen LogP contribution in [-0.4, -0.2) is 49.4 Å². The van der Waals surface area contributed by atoms with E-state index in [9.17, 15) is 9.59 Å². The van der Waals surface area contributed by atoms with Crippen molar-refractivity contribution in [2.75, 3.05) is 37.6 Å². The maximum Gasteiger partial charge on any atom is 0.237 e. The summed E-state index contributed by atoms with van der Waals surface area (Å²) in [6.45, 7) is 14.4. The highest BCUT2D eigenvalue weighted by Gasteiger charge is 2.39. The molecule has 2 amide bonds. The largest absolute Gasteiger partial charge is 0.368 e. The molecule has 1 aliphatic heterocycles. The van der Waals surface area contributed by atoms with E-state index < -0.39 is 5.41 Å². The number of hydrogen-bond acceptors (Lipinski definition) is 3. The van der Waals surface area contributed by atoms with Crippen molar-refractivity contribution in [1.29, 1.82) is 0 Å². The molecule has 25 heavy (non-hydrogen) atoms. The maximum absolute atomic E-state index is 12.8. The van der Waals surface area contributed by atoms with Crippen LogP contribution in [0.5, 0.6) is 0 Å². The average molecular weight is 343 g/mol. The molecule has 1 saturated heterocycles. The standard InChI is InChI=1S/C20H29N3O2/c1-6-10-21-18(24)20(4,5)19(25)23-13-11-22(12-14-23)17-9-7-8-15(2)16(17)3/h6-9H,1,10-14H2,2-5H3,(H,21,24). The van der Waals surface area contributed by atoms with E-state index in [-0.39, 0.29) is 11.8 Å². The van der Waals surface area contributed by atoms with Crippen LogP contribution in [0.2, 0.25) is 0 Å². The fourth-order valence-corrected chi connectivity index (χ4v) is 3.11. The fraction of sp³-hybridized carbons (Fsp3) is 0.500. The molecular formula is C20H29N3O2. The van der Waals surface area contributed by atoms with E-state index in [4.69, 9.17) is 0 Å². The number of nitrogens with one attached hydrogen (secondary N) is 1. The number of carbonyl (C=O) groups is 2. The first-order valence-corrected chi connectivity index (χ1v) is 8.78. The van der Waals surface area contributed by atoms with Crippen LogP contribution < -0.4 is 10.2 Å². The Morgan fingerprint density at radius 1 is 1.20 bits per heavy atom. The van der Waals surface area contributed by atoms with E-state index in [0.717, 1.165) is 13.1 Å². The highest BCUT2D eigenvalue weighted by Crippen LogP contribution is 2.25. The number of nitrogens with zero attached hydrogens (tertiary/aromatic N) is 2. The summed E-state index contributed by atoms with van der Waals surface area (Å²) in [6, 6.07) is 6.32. The molecule has 1 N–H and O–H groups in total. The number of carbonyl (C=O) groups excluding carboxylic acids is 2. The average Bonchev–Trinajstić information content (AvgIpc) is 2.61. The molecule has 0 aliphatic carbocycles. The van der Waals surface area contributed by atoms with Gasteiger partial charge in [0, 0.05) is 38.4 Å². The van der Waals surface area contributed by atoms with E-state index in [1.54, 1.807) is 24.8 Å². The molecule has 1 heterocycles. The fourth-order valence-electron chi connectivity index (χ4n) is 3.11. The van der Waals surface area contributed by atoms with Gasteiger partial charge in [-0.05, 0) is 44.9 Å². The number of amides is 2. The smallest absolute Gasteiger partial charge is 0.237 e. The molecule has 5 heteroatoms. The van der Waals surface area contributed by atoms with Gasteiger partial charge in [-0.1, -0.05) is 18.2 Å². The zero-order valence-corrected chi connectivity index (χ0v) is 15.8. The molecule has 5 nitrogen and oxygen atoms in total. The first-order valence-electron chi connectivity index (χ1n) is 8.78. The van der Waals surface area contributed by atoms with Crippen molar-refractivity contribution < 1.29 is 9.59 Å². The van der Waals surface area contributed by atoms with Crippen molar-refractivity contribution in [3.05, 3.63) is 42.0 Å². The normalized spacial score (nSPS) is 15.0. The first-order chi connectivity index (χ1) is 11.8. The summed E-state index contributed by atoms with van der Waals surface area (Å²) in [5.74, 6) is -0.371. The molecule has 0 aromatic heterocycles. The first kappa shape index (κ1) is 19.0. The topological polar surface area (TPSA) is 52.7 Å². The molecular weight excluding hydrogens is 314 g/mol. The minimum Gasteiger partial charge on any atom is -0.368 e. The Morgan fingerprint density at radius 2 is 1.84 bits per heavy atom. The van der Waals surface area contributed by atoms with Crippen LogP contribution >= 0.6 is 0 Å². The summed E-state index contributed by atoms with van der Waals surface area (Å²) in [4.78, 5) is 29.2. The van der Waals surface area contributed by atoms with Gasteiger partial charge >= 0.3 is 0 Å². The predicted octanol–water partition coefficient (Wildman–Crippen LogP) is 2.28. The number of hydrogen-bond donors (Lipinski definition) is 1. The number of piperazine rings is 1. The molecule has 1 aromatic rings. The number of benzene rings is 1. The molecule has 0 atom stereocenters. The lowest BCUT2D eigenvalue weighted by atomic mass is 9.90. The van der Waals surface area contributed by atoms with E-state index >= 15 is 0 Å². The molecule has 136 valence electrons. The van der Waals surface area contributed by atoms with Crippen molar-refractivity contribution in [2.45, 2.75) is 27.7 Å². The minimum atomic E-state index is -1.07. The van der Waals surface area contributed by atoms with Gasteiger partial charge in [0.15, 0.2) is 0 Å². The monoisotopic (exact) mass is 343 g/mol. The van der Waals surface area contributed by atoms with Crippen LogP contribution in [0.25, 0.3) is 0 Å². The molecule has 1 aliphatic rings. The Kier molecular flexibility index (Phi) is 5.88. The quantitative estimate of drug-likeness (QED) is 0.659. The molecule has 0 spiro atoms. The lowest BCUT2D eigenvalue weighted by Gasteiger charge is -2.39. The Morgan fingerprint density at radius 3 is 2.44 bits per heavy atom. The Hall–Kier alpha value is -2.30. The summed E-state index contributed by atoms with van der Waals surface area (Å²) < 4.78 is 0. The second-order valence-corrected chi connectivity index (χ2v) is 7.12. The van der Waals surface area contributed by atoms with Gasteiger partial charge in [-0.2, -0.15) is 0 Å². The van der Waals surface area contributed by atoms with Gasteiger partial charge in [0.2, 0.25) is 11.8 Å². The van der Waals surface area contributed by atoms with Crippen molar-refractivity contribution in [3.63, 3.8) is 0 Å². The van der Waals surface area contributed by atoms with Crippen LogP contribution in [0.4, 0.5) is 5.69 Å². The molecule has 1 fully saturated rings. The van der Waals surface area contributed by atoms with Gasteiger partial charge < -0.3 is 15.1 Å². The minimum absolute atomic E-state index is 0.116. The third kappa shape index (κ3) is 4.03. The molecule has 2 rings (SSSR count). The highest BCUT2D eigenvalue weighted by molar-refractivity contribution is 6.04. The molecule has 0 unspecified atom stereocenters. The lowest BCUT2D eigenvalue weighted by Crippen LogP contribution is -2.55. The van der Waals surface area contributed by atoms with Gasteiger partial charge in [0.25, 0.3) is 0 Å². The summed E-state index contributed by atoms with van der Waals surface area (Å²) >= 11 is 0. The summed E-state index contributed by atoms with van der Waals surface area (Å²) in [7, 11) is 0. The lowest BCUT2D eigenvalue weighted by molar-refractivity contribution is -0.148. The van der Waals surface area contributed by atoms with E-state index in [1.807, 2.05) is 0 Å². The maximum atomic E-state index is 12.8. The van der Waals surface area contributed by atoms with Crippen LogP contribution in [0.1, 0.15) is 25.0 Å². The van der Waals surface area contributed by atoms with Gasteiger partial charge in [-0.3, -0.25) is 9.59 Å². The molecule has 0 radical (unpaired) electrons. The SMILES string of the molecule is C=CCNC(=O)C(C)(C)C(=O)N1CCN(c2cccc(C)c2C)CC1. The van der Waals surface area contributed by atoms with Crippen molar-refractivity contribution in [3.8, 4) is 0 Å². The zero-order chi connectivity index (χ0) is 18.6. The Labute approximate surface area is 150 Å². The predicted molar refractivity (Wildman–Crippen MR) is 102 cm³/mol. The summed E-state index contributed by atoms with van der Waals surface area (Å²) in [6.07, 6.45) is 1.61. The van der Waals surface area contributed by atoms with E-state index in [1.165, 1.54) is 16.8 Å². The number of rotatable bonds is 5. The van der Waals surface area contributed by atoms with Crippen molar-refractivity contribution in [1.82, 2.24) is 10.2 Å². The second-order valence-electron chi connectivity index (χ2n) is 7.12. The van der Waals surface area contributed by atoms with Gasteiger partial charge in [-0.15, -0.1) is 6.58 Å².